The van der Waals surface area contributed by atoms with Crippen molar-refractivity contribution in [3.8, 4) is 17.7 Å². The van der Waals surface area contributed by atoms with Gasteiger partial charge in [-0.1, -0.05) is 26.7 Å². The maximum Gasteiger partial charge on any atom is 0.300 e. The van der Waals surface area contributed by atoms with E-state index in [0.717, 1.165) is 23.1 Å². The molecule has 0 radical (unpaired) electrons. The first kappa shape index (κ1) is 17.6. The second-order valence-corrected chi connectivity index (χ2v) is 7.25. The maximum absolute atomic E-state index is 11.7. The van der Waals surface area contributed by atoms with E-state index < -0.39 is 0 Å². The molecule has 1 amide bonds. The van der Waals surface area contributed by atoms with E-state index in [1.165, 1.54) is 0 Å². The summed E-state index contributed by atoms with van der Waals surface area (Å²) in [5, 5.41) is 2.76. The Morgan fingerprint density at radius 3 is 2.81 bits per heavy atom. The molecule has 26 heavy (non-hydrogen) atoms. The summed E-state index contributed by atoms with van der Waals surface area (Å²) in [5.41, 5.74) is 3.37. The molecule has 3 rings (SSSR count). The van der Waals surface area contributed by atoms with Gasteiger partial charge in [-0.15, -0.1) is 0 Å². The zero-order valence-corrected chi connectivity index (χ0v) is 15.4. The van der Waals surface area contributed by atoms with Crippen molar-refractivity contribution in [1.82, 2.24) is 19.5 Å². The van der Waals surface area contributed by atoms with Crippen molar-refractivity contribution in [2.75, 3.05) is 5.32 Å². The van der Waals surface area contributed by atoms with E-state index in [9.17, 15) is 4.79 Å². The Bertz CT molecular complexity index is 1020. The fourth-order valence-electron chi connectivity index (χ4n) is 2.68. The van der Waals surface area contributed by atoms with E-state index in [1.807, 2.05) is 16.7 Å². The molecule has 0 aliphatic rings. The topological polar surface area (TPSA) is 72.7 Å². The number of amides is 1. The van der Waals surface area contributed by atoms with Crippen molar-refractivity contribution in [1.29, 1.82) is 0 Å². The van der Waals surface area contributed by atoms with Crippen molar-refractivity contribution in [3.05, 3.63) is 42.6 Å². The number of carbonyl (C=O) groups excluding carboxylic acids is 1. The number of rotatable bonds is 3. The zero-order chi connectivity index (χ0) is 18.7. The Kier molecular flexibility index (Phi) is 4.72. The highest BCUT2D eigenvalue weighted by atomic mass is 16.1. The van der Waals surface area contributed by atoms with Gasteiger partial charge in [0.05, 0.1) is 22.9 Å². The number of anilines is 1. The van der Waals surface area contributed by atoms with E-state index in [2.05, 4.69) is 47.9 Å². The van der Waals surface area contributed by atoms with Crippen LogP contribution in [0.2, 0.25) is 0 Å². The number of fused-ring (bicyclic) bond motifs is 1. The van der Waals surface area contributed by atoms with Crippen LogP contribution in [0.4, 0.5) is 5.69 Å². The summed E-state index contributed by atoms with van der Waals surface area (Å²) in [6.45, 7) is 8.13. The summed E-state index contributed by atoms with van der Waals surface area (Å²) in [7, 11) is 0. The highest BCUT2D eigenvalue weighted by molar-refractivity contribution is 6.04. The number of nitrogens with one attached hydrogen (secondary N) is 1. The van der Waals surface area contributed by atoms with Gasteiger partial charge in [0.1, 0.15) is 6.33 Å². The van der Waals surface area contributed by atoms with Crippen molar-refractivity contribution in [3.63, 3.8) is 0 Å². The van der Waals surface area contributed by atoms with Gasteiger partial charge in [0, 0.05) is 11.9 Å². The first-order valence-electron chi connectivity index (χ1n) is 8.38. The number of nitrogens with zero attached hydrogens (tertiary/aromatic N) is 4. The first-order valence-corrected chi connectivity index (χ1v) is 8.38. The zero-order valence-electron chi connectivity index (χ0n) is 15.4. The Morgan fingerprint density at radius 1 is 1.27 bits per heavy atom. The Labute approximate surface area is 152 Å². The fraction of sp³-hybridized carbons (Fsp3) is 0.300. The van der Waals surface area contributed by atoms with Crippen LogP contribution >= 0.6 is 0 Å². The number of imidazole rings is 1. The highest BCUT2D eigenvalue weighted by Gasteiger charge is 2.14. The van der Waals surface area contributed by atoms with Crippen molar-refractivity contribution >= 4 is 22.6 Å². The standard InChI is InChI=1S/C20H21N5O/c1-5-6-19(26)24-14-7-8-16-17(9-14)25(13-22-16)18-12-21-11-15(23-18)10-20(2,3)4/h7-9,11-13H,10H2,1-4H3,(H,24,26). The molecule has 3 aromatic rings. The molecule has 0 bridgehead atoms. The lowest BCUT2D eigenvalue weighted by Crippen LogP contribution is -2.12. The van der Waals surface area contributed by atoms with E-state index in [-0.39, 0.29) is 11.3 Å². The van der Waals surface area contributed by atoms with Crippen molar-refractivity contribution in [2.45, 2.75) is 34.1 Å². The minimum atomic E-state index is -0.343. The van der Waals surface area contributed by atoms with Gasteiger partial charge in [0.2, 0.25) is 0 Å². The van der Waals surface area contributed by atoms with Gasteiger partial charge in [-0.2, -0.15) is 0 Å². The lowest BCUT2D eigenvalue weighted by atomic mass is 9.91. The highest BCUT2D eigenvalue weighted by Crippen LogP contribution is 2.23. The molecule has 6 heteroatoms. The molecule has 0 saturated carbocycles. The van der Waals surface area contributed by atoms with E-state index >= 15 is 0 Å². The molecule has 0 fully saturated rings. The first-order chi connectivity index (χ1) is 12.4. The number of benzene rings is 1. The molecule has 2 aromatic heterocycles. The summed E-state index contributed by atoms with van der Waals surface area (Å²) < 4.78 is 1.87. The minimum absolute atomic E-state index is 0.127. The van der Waals surface area contributed by atoms with Crippen LogP contribution in [0.5, 0.6) is 0 Å². The second kappa shape index (κ2) is 6.96. The monoisotopic (exact) mass is 347 g/mol. The molecule has 1 N–H and O–H groups in total. The summed E-state index contributed by atoms with van der Waals surface area (Å²) in [4.78, 5) is 25.1. The third-order valence-corrected chi connectivity index (χ3v) is 3.67. The van der Waals surface area contributed by atoms with Gasteiger partial charge in [-0.25, -0.2) is 9.97 Å². The lowest BCUT2D eigenvalue weighted by Gasteiger charge is -2.17. The molecule has 0 aliphatic carbocycles. The van der Waals surface area contributed by atoms with Crippen LogP contribution in [-0.2, 0) is 11.2 Å². The quantitative estimate of drug-likeness (QED) is 0.737. The van der Waals surface area contributed by atoms with Gasteiger partial charge in [0.15, 0.2) is 5.82 Å². The predicted octanol–water partition coefficient (Wildman–Crippen LogP) is 3.37. The van der Waals surface area contributed by atoms with Gasteiger partial charge >= 0.3 is 0 Å². The molecule has 6 nitrogen and oxygen atoms in total. The minimum Gasteiger partial charge on any atom is -0.315 e. The molecule has 132 valence electrons. The molecular weight excluding hydrogens is 326 g/mol. The summed E-state index contributed by atoms with van der Waals surface area (Å²) in [5.74, 6) is 5.41. The van der Waals surface area contributed by atoms with Crippen molar-refractivity contribution in [2.24, 2.45) is 5.41 Å². The Hall–Kier alpha value is -3.20. The molecule has 0 unspecified atom stereocenters. The van der Waals surface area contributed by atoms with E-state index in [1.54, 1.807) is 31.7 Å². The lowest BCUT2D eigenvalue weighted by molar-refractivity contribution is -0.111. The second-order valence-electron chi connectivity index (χ2n) is 7.25. The summed E-state index contributed by atoms with van der Waals surface area (Å²) in [6.07, 6.45) is 6.05. The van der Waals surface area contributed by atoms with Crippen LogP contribution in [-0.4, -0.2) is 25.4 Å². The average molecular weight is 347 g/mol. The van der Waals surface area contributed by atoms with Crippen LogP contribution in [0.15, 0.2) is 36.9 Å². The largest absolute Gasteiger partial charge is 0.315 e. The van der Waals surface area contributed by atoms with Crippen LogP contribution in [0.25, 0.3) is 16.9 Å². The van der Waals surface area contributed by atoms with Gasteiger partial charge in [-0.3, -0.25) is 14.3 Å². The molecular formula is C20H21N5O. The Morgan fingerprint density at radius 2 is 2.08 bits per heavy atom. The SMILES string of the molecule is CC#CC(=O)Nc1ccc2ncn(-c3cncc(CC(C)(C)C)n3)c2c1. The molecule has 0 aliphatic heterocycles. The van der Waals surface area contributed by atoms with Crippen LogP contribution in [0, 0.1) is 17.3 Å². The number of carbonyl (C=O) groups is 1. The third-order valence-electron chi connectivity index (χ3n) is 3.67. The molecule has 1 aromatic carbocycles. The average Bonchev–Trinajstić information content (AvgIpc) is 2.97. The molecule has 0 atom stereocenters. The van der Waals surface area contributed by atoms with E-state index in [0.29, 0.717) is 11.5 Å². The molecule has 0 saturated heterocycles. The van der Waals surface area contributed by atoms with Gasteiger partial charge in [0.25, 0.3) is 5.91 Å². The van der Waals surface area contributed by atoms with Gasteiger partial charge < -0.3 is 5.32 Å². The summed E-state index contributed by atoms with van der Waals surface area (Å²) in [6, 6.07) is 5.51. The Balaban J connectivity index is 1.98. The van der Waals surface area contributed by atoms with Crippen LogP contribution in [0.1, 0.15) is 33.4 Å². The summed E-state index contributed by atoms with van der Waals surface area (Å²) >= 11 is 0. The van der Waals surface area contributed by atoms with Gasteiger partial charge in [-0.05, 0) is 42.9 Å². The fourth-order valence-corrected chi connectivity index (χ4v) is 2.68. The number of hydrogen-bond acceptors (Lipinski definition) is 4. The third kappa shape index (κ3) is 4.06. The number of aromatic nitrogens is 4. The van der Waals surface area contributed by atoms with E-state index in [4.69, 9.17) is 4.98 Å². The van der Waals surface area contributed by atoms with Crippen LogP contribution < -0.4 is 5.32 Å². The number of hydrogen-bond donors (Lipinski definition) is 1. The predicted molar refractivity (Wildman–Crippen MR) is 102 cm³/mol. The normalized spacial score (nSPS) is 11.1. The molecule has 2 heterocycles. The smallest absolute Gasteiger partial charge is 0.300 e. The van der Waals surface area contributed by atoms with Crippen LogP contribution in [0.3, 0.4) is 0 Å². The molecule has 0 spiro atoms. The maximum atomic E-state index is 11.7. The van der Waals surface area contributed by atoms with Crippen molar-refractivity contribution < 1.29 is 4.79 Å².